The number of anilines is 1. The standard InChI is InChI=1S/C16H27N3O/c1-5-9-17-11-14-7-8-15(13(3)10-14)19(4)12-16(20)18-6-2/h7-8,10,17H,5-6,9,11-12H2,1-4H3,(H,18,20). The van der Waals surface area contributed by atoms with E-state index >= 15 is 0 Å². The first-order valence-corrected chi connectivity index (χ1v) is 7.36. The average Bonchev–Trinajstić information content (AvgIpc) is 2.39. The van der Waals surface area contributed by atoms with Crippen molar-refractivity contribution in [1.29, 1.82) is 0 Å². The molecule has 0 aliphatic heterocycles. The summed E-state index contributed by atoms with van der Waals surface area (Å²) in [4.78, 5) is 13.6. The van der Waals surface area contributed by atoms with E-state index in [9.17, 15) is 4.79 Å². The van der Waals surface area contributed by atoms with E-state index in [1.807, 2.05) is 18.9 Å². The zero-order valence-corrected chi connectivity index (χ0v) is 13.1. The lowest BCUT2D eigenvalue weighted by atomic mass is 10.1. The number of nitrogens with one attached hydrogen (secondary N) is 2. The number of likely N-dealkylation sites (N-methyl/N-ethyl adjacent to an activating group) is 2. The number of carbonyl (C=O) groups is 1. The molecule has 1 aromatic carbocycles. The third-order valence-corrected chi connectivity index (χ3v) is 3.18. The van der Waals surface area contributed by atoms with Gasteiger partial charge in [-0.3, -0.25) is 4.79 Å². The molecule has 0 saturated heterocycles. The summed E-state index contributed by atoms with van der Waals surface area (Å²) in [5.74, 6) is 0.0584. The minimum atomic E-state index is 0.0584. The van der Waals surface area contributed by atoms with Crippen LogP contribution in [0.3, 0.4) is 0 Å². The van der Waals surface area contributed by atoms with Gasteiger partial charge < -0.3 is 15.5 Å². The fraction of sp³-hybridized carbons (Fsp3) is 0.562. The van der Waals surface area contributed by atoms with Crippen LogP contribution in [0.2, 0.25) is 0 Å². The fourth-order valence-corrected chi connectivity index (χ4v) is 2.22. The summed E-state index contributed by atoms with van der Waals surface area (Å²) in [5.41, 5.74) is 3.59. The molecular weight excluding hydrogens is 250 g/mol. The molecule has 112 valence electrons. The van der Waals surface area contributed by atoms with Crippen molar-refractivity contribution in [3.05, 3.63) is 29.3 Å². The van der Waals surface area contributed by atoms with Crippen LogP contribution in [-0.4, -0.2) is 32.6 Å². The quantitative estimate of drug-likeness (QED) is 0.715. The summed E-state index contributed by atoms with van der Waals surface area (Å²) in [7, 11) is 1.95. The van der Waals surface area contributed by atoms with E-state index in [0.717, 1.165) is 25.2 Å². The van der Waals surface area contributed by atoms with Crippen molar-refractivity contribution >= 4 is 11.6 Å². The van der Waals surface area contributed by atoms with Crippen LogP contribution in [0.5, 0.6) is 0 Å². The molecule has 0 atom stereocenters. The Bertz CT molecular complexity index is 432. The van der Waals surface area contributed by atoms with Crippen molar-refractivity contribution in [1.82, 2.24) is 10.6 Å². The van der Waals surface area contributed by atoms with Gasteiger partial charge in [-0.2, -0.15) is 0 Å². The average molecular weight is 277 g/mol. The van der Waals surface area contributed by atoms with Crippen LogP contribution in [0.4, 0.5) is 5.69 Å². The van der Waals surface area contributed by atoms with E-state index in [-0.39, 0.29) is 5.91 Å². The summed E-state index contributed by atoms with van der Waals surface area (Å²) < 4.78 is 0. The molecule has 1 aromatic rings. The van der Waals surface area contributed by atoms with Crippen LogP contribution in [0.15, 0.2) is 18.2 Å². The van der Waals surface area contributed by atoms with Gasteiger partial charge in [0.05, 0.1) is 6.54 Å². The van der Waals surface area contributed by atoms with Crippen LogP contribution in [0.1, 0.15) is 31.4 Å². The number of benzene rings is 1. The van der Waals surface area contributed by atoms with Gasteiger partial charge in [-0.25, -0.2) is 0 Å². The topological polar surface area (TPSA) is 44.4 Å². The van der Waals surface area contributed by atoms with E-state index in [1.165, 1.54) is 11.1 Å². The zero-order chi connectivity index (χ0) is 15.0. The number of aryl methyl sites for hydroxylation is 1. The molecular formula is C16H27N3O. The number of nitrogens with zero attached hydrogens (tertiary/aromatic N) is 1. The molecule has 0 aromatic heterocycles. The first kappa shape index (κ1) is 16.5. The molecule has 0 unspecified atom stereocenters. The van der Waals surface area contributed by atoms with Gasteiger partial charge in [0.1, 0.15) is 0 Å². The predicted octanol–water partition coefficient (Wildman–Crippen LogP) is 2.07. The number of hydrogen-bond donors (Lipinski definition) is 2. The third kappa shape index (κ3) is 5.21. The second-order valence-corrected chi connectivity index (χ2v) is 5.11. The van der Waals surface area contributed by atoms with Crippen molar-refractivity contribution in [2.45, 2.75) is 33.7 Å². The van der Waals surface area contributed by atoms with Gasteiger partial charge in [0.2, 0.25) is 5.91 Å². The minimum absolute atomic E-state index is 0.0584. The highest BCUT2D eigenvalue weighted by atomic mass is 16.2. The van der Waals surface area contributed by atoms with Crippen LogP contribution in [0.25, 0.3) is 0 Å². The third-order valence-electron chi connectivity index (χ3n) is 3.18. The van der Waals surface area contributed by atoms with Crippen molar-refractivity contribution in [3.63, 3.8) is 0 Å². The Morgan fingerprint density at radius 1 is 1.30 bits per heavy atom. The fourth-order valence-electron chi connectivity index (χ4n) is 2.22. The highest BCUT2D eigenvalue weighted by molar-refractivity contribution is 5.81. The highest BCUT2D eigenvalue weighted by Crippen LogP contribution is 2.20. The maximum atomic E-state index is 11.6. The summed E-state index contributed by atoms with van der Waals surface area (Å²) >= 11 is 0. The molecule has 20 heavy (non-hydrogen) atoms. The van der Waals surface area contributed by atoms with E-state index < -0.39 is 0 Å². The molecule has 0 saturated carbocycles. The Kier molecular flexibility index (Phi) is 7.09. The lowest BCUT2D eigenvalue weighted by molar-refractivity contribution is -0.119. The largest absolute Gasteiger partial charge is 0.365 e. The van der Waals surface area contributed by atoms with Crippen LogP contribution in [-0.2, 0) is 11.3 Å². The molecule has 4 heteroatoms. The zero-order valence-electron chi connectivity index (χ0n) is 13.1. The molecule has 0 fully saturated rings. The Morgan fingerprint density at radius 2 is 2.05 bits per heavy atom. The Balaban J connectivity index is 2.64. The molecule has 0 radical (unpaired) electrons. The molecule has 1 rings (SSSR count). The first-order chi connectivity index (χ1) is 9.58. The van der Waals surface area contributed by atoms with Crippen molar-refractivity contribution in [2.75, 3.05) is 31.6 Å². The molecule has 0 aliphatic carbocycles. The lowest BCUT2D eigenvalue weighted by Gasteiger charge is -2.21. The number of carbonyl (C=O) groups excluding carboxylic acids is 1. The molecule has 0 spiro atoms. The van der Waals surface area contributed by atoms with Gasteiger partial charge in [-0.15, -0.1) is 0 Å². The van der Waals surface area contributed by atoms with Crippen LogP contribution in [0, 0.1) is 6.92 Å². The second-order valence-electron chi connectivity index (χ2n) is 5.11. The molecule has 4 nitrogen and oxygen atoms in total. The van der Waals surface area contributed by atoms with Crippen LogP contribution < -0.4 is 15.5 Å². The first-order valence-electron chi connectivity index (χ1n) is 7.36. The molecule has 0 heterocycles. The highest BCUT2D eigenvalue weighted by Gasteiger charge is 2.09. The summed E-state index contributed by atoms with van der Waals surface area (Å²) in [6.07, 6.45) is 1.15. The van der Waals surface area contributed by atoms with E-state index in [1.54, 1.807) is 0 Å². The Morgan fingerprint density at radius 3 is 2.65 bits per heavy atom. The summed E-state index contributed by atoms with van der Waals surface area (Å²) in [6, 6.07) is 6.41. The Labute approximate surface area is 122 Å². The van der Waals surface area contributed by atoms with E-state index in [2.05, 4.69) is 42.7 Å². The van der Waals surface area contributed by atoms with Crippen molar-refractivity contribution in [2.24, 2.45) is 0 Å². The van der Waals surface area contributed by atoms with Gasteiger partial charge >= 0.3 is 0 Å². The predicted molar refractivity (Wildman–Crippen MR) is 85.1 cm³/mol. The SMILES string of the molecule is CCCNCc1ccc(N(C)CC(=O)NCC)c(C)c1. The van der Waals surface area contributed by atoms with Gasteiger partial charge in [0.25, 0.3) is 0 Å². The smallest absolute Gasteiger partial charge is 0.239 e. The van der Waals surface area contributed by atoms with Gasteiger partial charge in [0.15, 0.2) is 0 Å². The monoisotopic (exact) mass is 277 g/mol. The van der Waals surface area contributed by atoms with Crippen molar-refractivity contribution < 1.29 is 4.79 Å². The number of hydrogen-bond acceptors (Lipinski definition) is 3. The number of rotatable bonds is 8. The maximum absolute atomic E-state index is 11.6. The molecule has 1 amide bonds. The normalized spacial score (nSPS) is 10.4. The Hall–Kier alpha value is -1.55. The maximum Gasteiger partial charge on any atom is 0.239 e. The van der Waals surface area contributed by atoms with Gasteiger partial charge in [-0.1, -0.05) is 19.1 Å². The second kappa shape index (κ2) is 8.59. The van der Waals surface area contributed by atoms with Crippen LogP contribution >= 0.6 is 0 Å². The number of amides is 1. The van der Waals surface area contributed by atoms with Crippen molar-refractivity contribution in [3.8, 4) is 0 Å². The van der Waals surface area contributed by atoms with E-state index in [4.69, 9.17) is 0 Å². The van der Waals surface area contributed by atoms with Gasteiger partial charge in [0, 0.05) is 25.8 Å². The molecule has 2 N–H and O–H groups in total. The summed E-state index contributed by atoms with van der Waals surface area (Å²) in [5, 5.41) is 6.22. The molecule has 0 bridgehead atoms. The minimum Gasteiger partial charge on any atom is -0.365 e. The molecule has 0 aliphatic rings. The lowest BCUT2D eigenvalue weighted by Crippen LogP contribution is -2.35. The summed E-state index contributed by atoms with van der Waals surface area (Å²) in [6.45, 7) is 9.19. The van der Waals surface area contributed by atoms with Gasteiger partial charge in [-0.05, 0) is 44.0 Å². The van der Waals surface area contributed by atoms with E-state index in [0.29, 0.717) is 13.1 Å².